The molecule has 0 saturated carbocycles. The largest absolute Gasteiger partial charge is 0.394 e. The van der Waals surface area contributed by atoms with Crippen LogP contribution in [0.5, 0.6) is 0 Å². The van der Waals surface area contributed by atoms with Crippen molar-refractivity contribution in [1.29, 1.82) is 0 Å². The van der Waals surface area contributed by atoms with Crippen molar-refractivity contribution in [1.82, 2.24) is 5.32 Å². The molecule has 286 valence electrons. The van der Waals surface area contributed by atoms with Crippen LogP contribution in [0, 0.1) is 0 Å². The molecule has 5 N–H and O–H groups in total. The highest BCUT2D eigenvalue weighted by Gasteiger charge is 2.28. The standard InChI is InChI=1S/C43H79NO5/c1-3-5-7-9-11-13-15-17-19-21-23-25-27-29-31-33-35-37-41(47)43(49)44-39(38-45)42(48)40(46)36-34-32-30-28-26-24-22-20-18-16-14-12-10-8-6-4-2/h12,14,20,22-23,25,28,30,39-42,45-48H,3-11,13,15-19,21,24,26-27,29,31-38H2,1-2H3,(H,44,49)/b14-12+,22-20+,25-23-,30-28+. The molecule has 1 amide bonds. The maximum atomic E-state index is 12.5. The van der Waals surface area contributed by atoms with Crippen LogP contribution in [0.4, 0.5) is 0 Å². The van der Waals surface area contributed by atoms with E-state index >= 15 is 0 Å². The maximum Gasteiger partial charge on any atom is 0.249 e. The van der Waals surface area contributed by atoms with E-state index in [0.29, 0.717) is 19.3 Å². The van der Waals surface area contributed by atoms with Crippen LogP contribution in [-0.2, 0) is 4.79 Å². The lowest BCUT2D eigenvalue weighted by Crippen LogP contribution is -2.53. The fraction of sp³-hybridized carbons (Fsp3) is 0.791. The molecule has 0 aromatic carbocycles. The van der Waals surface area contributed by atoms with E-state index in [2.05, 4.69) is 67.8 Å². The lowest BCUT2D eigenvalue weighted by Gasteiger charge is -2.27. The van der Waals surface area contributed by atoms with Crippen LogP contribution in [0.2, 0.25) is 0 Å². The molecule has 0 radical (unpaired) electrons. The first-order chi connectivity index (χ1) is 24.0. The average Bonchev–Trinajstić information content (AvgIpc) is 3.11. The predicted octanol–water partition coefficient (Wildman–Crippen LogP) is 10.3. The van der Waals surface area contributed by atoms with Gasteiger partial charge < -0.3 is 25.7 Å². The number of amides is 1. The second-order valence-corrected chi connectivity index (χ2v) is 13.9. The van der Waals surface area contributed by atoms with E-state index in [9.17, 15) is 25.2 Å². The van der Waals surface area contributed by atoms with Crippen LogP contribution in [0.15, 0.2) is 48.6 Å². The van der Waals surface area contributed by atoms with Gasteiger partial charge in [-0.15, -0.1) is 0 Å². The summed E-state index contributed by atoms with van der Waals surface area (Å²) in [7, 11) is 0. The van der Waals surface area contributed by atoms with Crippen molar-refractivity contribution in [3.63, 3.8) is 0 Å². The van der Waals surface area contributed by atoms with Crippen molar-refractivity contribution < 1.29 is 25.2 Å². The van der Waals surface area contributed by atoms with E-state index in [4.69, 9.17) is 0 Å². The van der Waals surface area contributed by atoms with E-state index in [1.165, 1.54) is 89.9 Å². The number of aliphatic hydroxyl groups excluding tert-OH is 4. The molecule has 49 heavy (non-hydrogen) atoms. The number of aliphatic hydroxyl groups is 4. The van der Waals surface area contributed by atoms with Crippen molar-refractivity contribution in [2.75, 3.05) is 6.61 Å². The molecule has 6 nitrogen and oxygen atoms in total. The van der Waals surface area contributed by atoms with Crippen molar-refractivity contribution in [3.8, 4) is 0 Å². The molecule has 0 saturated heterocycles. The second-order valence-electron chi connectivity index (χ2n) is 13.9. The summed E-state index contributed by atoms with van der Waals surface area (Å²) in [5.74, 6) is -0.611. The minimum absolute atomic E-state index is 0.343. The van der Waals surface area contributed by atoms with Gasteiger partial charge in [0.2, 0.25) is 5.91 Å². The molecular weight excluding hydrogens is 610 g/mol. The summed E-state index contributed by atoms with van der Waals surface area (Å²) >= 11 is 0. The molecule has 4 unspecified atom stereocenters. The lowest BCUT2D eigenvalue weighted by atomic mass is 10.00. The third-order valence-corrected chi connectivity index (χ3v) is 9.22. The van der Waals surface area contributed by atoms with Crippen molar-refractivity contribution >= 4 is 5.91 Å². The van der Waals surface area contributed by atoms with Crippen LogP contribution in [0.3, 0.4) is 0 Å². The van der Waals surface area contributed by atoms with Crippen molar-refractivity contribution in [3.05, 3.63) is 48.6 Å². The zero-order chi connectivity index (χ0) is 36.0. The quantitative estimate of drug-likeness (QED) is 0.0332. The third-order valence-electron chi connectivity index (χ3n) is 9.22. The van der Waals surface area contributed by atoms with Gasteiger partial charge in [0.25, 0.3) is 0 Å². The van der Waals surface area contributed by atoms with E-state index in [0.717, 1.165) is 64.2 Å². The predicted molar refractivity (Wildman–Crippen MR) is 210 cm³/mol. The Morgan fingerprint density at radius 1 is 0.490 bits per heavy atom. The first kappa shape index (κ1) is 47.3. The van der Waals surface area contributed by atoms with Gasteiger partial charge in [0.05, 0.1) is 18.8 Å². The number of carbonyl (C=O) groups is 1. The third kappa shape index (κ3) is 32.0. The Balaban J connectivity index is 3.89. The fourth-order valence-electron chi connectivity index (χ4n) is 5.90. The molecule has 0 aliphatic heterocycles. The van der Waals surface area contributed by atoms with Gasteiger partial charge in [-0.2, -0.15) is 0 Å². The van der Waals surface area contributed by atoms with E-state index in [1.807, 2.05) is 0 Å². The molecule has 0 spiro atoms. The van der Waals surface area contributed by atoms with Crippen molar-refractivity contribution in [2.45, 2.75) is 212 Å². The summed E-state index contributed by atoms with van der Waals surface area (Å²) in [6, 6.07) is -1.02. The Morgan fingerprint density at radius 3 is 1.33 bits per heavy atom. The summed E-state index contributed by atoms with van der Waals surface area (Å²) in [4.78, 5) is 12.5. The number of hydrogen-bond acceptors (Lipinski definition) is 5. The van der Waals surface area contributed by atoms with Crippen molar-refractivity contribution in [2.24, 2.45) is 0 Å². The number of nitrogens with one attached hydrogen (secondary N) is 1. The Morgan fingerprint density at radius 2 is 0.857 bits per heavy atom. The zero-order valence-electron chi connectivity index (χ0n) is 31.9. The molecular formula is C43H79NO5. The first-order valence-electron chi connectivity index (χ1n) is 20.5. The first-order valence-corrected chi connectivity index (χ1v) is 20.5. The number of carbonyl (C=O) groups excluding carboxylic acids is 1. The highest BCUT2D eigenvalue weighted by atomic mass is 16.3. The molecule has 0 aromatic heterocycles. The van der Waals surface area contributed by atoms with Gasteiger partial charge in [-0.05, 0) is 89.9 Å². The monoisotopic (exact) mass is 690 g/mol. The topological polar surface area (TPSA) is 110 Å². The van der Waals surface area contributed by atoms with Crippen LogP contribution < -0.4 is 5.32 Å². The maximum absolute atomic E-state index is 12.5. The van der Waals surface area contributed by atoms with Crippen LogP contribution in [0.1, 0.15) is 187 Å². The van der Waals surface area contributed by atoms with Gasteiger partial charge in [0.15, 0.2) is 0 Å². The van der Waals surface area contributed by atoms with Crippen LogP contribution in [-0.4, -0.2) is 57.3 Å². The minimum Gasteiger partial charge on any atom is -0.394 e. The Hall–Kier alpha value is -1.73. The Bertz CT molecular complexity index is 823. The summed E-state index contributed by atoms with van der Waals surface area (Å²) in [6.45, 7) is 3.99. The second kappa shape index (κ2) is 37.5. The molecule has 0 aromatic rings. The number of allylic oxidation sites excluding steroid dienone is 8. The highest BCUT2D eigenvalue weighted by Crippen LogP contribution is 2.13. The fourth-order valence-corrected chi connectivity index (χ4v) is 5.90. The molecule has 4 atom stereocenters. The van der Waals surface area contributed by atoms with Gasteiger partial charge in [-0.25, -0.2) is 0 Å². The van der Waals surface area contributed by atoms with E-state index < -0.39 is 36.9 Å². The number of hydrogen-bond donors (Lipinski definition) is 5. The zero-order valence-corrected chi connectivity index (χ0v) is 31.9. The molecule has 0 aliphatic rings. The molecule has 0 fully saturated rings. The highest BCUT2D eigenvalue weighted by molar-refractivity contribution is 5.80. The summed E-state index contributed by atoms with van der Waals surface area (Å²) in [6.07, 6.45) is 44.2. The van der Waals surface area contributed by atoms with Gasteiger partial charge in [0, 0.05) is 0 Å². The van der Waals surface area contributed by atoms with Gasteiger partial charge in [0.1, 0.15) is 12.2 Å². The van der Waals surface area contributed by atoms with E-state index in [-0.39, 0.29) is 0 Å². The normalized spacial score (nSPS) is 14.8. The van der Waals surface area contributed by atoms with Gasteiger partial charge in [-0.1, -0.05) is 146 Å². The van der Waals surface area contributed by atoms with Crippen LogP contribution >= 0.6 is 0 Å². The molecule has 0 heterocycles. The Kier molecular flexibility index (Phi) is 36.2. The smallest absolute Gasteiger partial charge is 0.249 e. The van der Waals surface area contributed by atoms with Gasteiger partial charge >= 0.3 is 0 Å². The average molecular weight is 690 g/mol. The summed E-state index contributed by atoms with van der Waals surface area (Å²) < 4.78 is 0. The summed E-state index contributed by atoms with van der Waals surface area (Å²) in [5, 5.41) is 43.5. The number of rotatable bonds is 36. The SMILES string of the molecule is CCCCC/C=C/CC/C=C/CC/C=C/CCCC(O)C(O)C(CO)NC(=O)C(O)CCCCCC/C=C\CCCCCCCCCCC. The number of unbranched alkanes of at least 4 members (excludes halogenated alkanes) is 19. The lowest BCUT2D eigenvalue weighted by molar-refractivity contribution is -0.132. The van der Waals surface area contributed by atoms with Gasteiger partial charge in [-0.3, -0.25) is 4.79 Å². The molecule has 6 heteroatoms. The minimum atomic E-state index is -1.30. The molecule has 0 aliphatic carbocycles. The van der Waals surface area contributed by atoms with Crippen LogP contribution in [0.25, 0.3) is 0 Å². The molecule has 0 bridgehead atoms. The Labute approximate surface area is 302 Å². The molecule has 0 rings (SSSR count). The summed E-state index contributed by atoms with van der Waals surface area (Å²) in [5.41, 5.74) is 0. The van der Waals surface area contributed by atoms with E-state index in [1.54, 1.807) is 0 Å².